The number of likely N-dealkylation sites (N-methyl/N-ethyl adjacent to an activating group) is 1. The van der Waals surface area contributed by atoms with E-state index < -0.39 is 6.10 Å². The Labute approximate surface area is 108 Å². The molecule has 0 aliphatic rings. The van der Waals surface area contributed by atoms with E-state index in [2.05, 4.69) is 5.16 Å². The van der Waals surface area contributed by atoms with Crippen molar-refractivity contribution < 1.29 is 14.4 Å². The molecule has 1 amide bonds. The Bertz CT molecular complexity index is 377. The number of hydrogen-bond acceptors (Lipinski definition) is 4. The van der Waals surface area contributed by atoms with Crippen LogP contribution in [-0.4, -0.2) is 40.8 Å². The SMILES string of the molecule is CCc1noc(CC)c1CC(=O)N(C)CC(C)O. The molecule has 1 N–H and O–H groups in total. The Kier molecular flexibility index (Phi) is 5.34. The summed E-state index contributed by atoms with van der Waals surface area (Å²) in [5, 5.41) is 13.3. The lowest BCUT2D eigenvalue weighted by Crippen LogP contribution is -2.34. The van der Waals surface area contributed by atoms with Gasteiger partial charge in [-0.2, -0.15) is 0 Å². The molecule has 0 fully saturated rings. The second-order valence-corrected chi connectivity index (χ2v) is 4.54. The van der Waals surface area contributed by atoms with E-state index in [4.69, 9.17) is 4.52 Å². The van der Waals surface area contributed by atoms with Gasteiger partial charge in [-0.25, -0.2) is 0 Å². The van der Waals surface area contributed by atoms with Gasteiger partial charge in [-0.15, -0.1) is 0 Å². The van der Waals surface area contributed by atoms with Gasteiger partial charge < -0.3 is 14.5 Å². The third-order valence-corrected chi connectivity index (χ3v) is 2.90. The van der Waals surface area contributed by atoms with Gasteiger partial charge in [-0.1, -0.05) is 19.0 Å². The number of hydrogen-bond donors (Lipinski definition) is 1. The average molecular weight is 254 g/mol. The zero-order chi connectivity index (χ0) is 13.7. The molecule has 18 heavy (non-hydrogen) atoms. The molecule has 0 bridgehead atoms. The molecule has 0 aliphatic heterocycles. The van der Waals surface area contributed by atoms with Crippen LogP contribution < -0.4 is 0 Å². The summed E-state index contributed by atoms with van der Waals surface area (Å²) in [4.78, 5) is 13.6. The van der Waals surface area contributed by atoms with Crippen molar-refractivity contribution in [3.8, 4) is 0 Å². The molecule has 1 aromatic rings. The highest BCUT2D eigenvalue weighted by Gasteiger charge is 2.19. The number of aromatic nitrogens is 1. The average Bonchev–Trinajstić information content (AvgIpc) is 2.70. The van der Waals surface area contributed by atoms with Crippen LogP contribution in [0.4, 0.5) is 0 Å². The lowest BCUT2D eigenvalue weighted by Gasteiger charge is -2.18. The Morgan fingerprint density at radius 1 is 1.44 bits per heavy atom. The number of amides is 1. The van der Waals surface area contributed by atoms with Crippen LogP contribution in [0.5, 0.6) is 0 Å². The van der Waals surface area contributed by atoms with E-state index in [0.717, 1.165) is 29.9 Å². The fourth-order valence-corrected chi connectivity index (χ4v) is 1.92. The van der Waals surface area contributed by atoms with Gasteiger partial charge in [0.05, 0.1) is 18.2 Å². The highest BCUT2D eigenvalue weighted by molar-refractivity contribution is 5.79. The summed E-state index contributed by atoms with van der Waals surface area (Å²) in [6, 6.07) is 0. The van der Waals surface area contributed by atoms with Gasteiger partial charge in [0.2, 0.25) is 5.91 Å². The van der Waals surface area contributed by atoms with E-state index >= 15 is 0 Å². The van der Waals surface area contributed by atoms with Crippen LogP contribution in [0.25, 0.3) is 0 Å². The van der Waals surface area contributed by atoms with E-state index in [-0.39, 0.29) is 5.91 Å². The number of aliphatic hydroxyl groups excluding tert-OH is 1. The van der Waals surface area contributed by atoms with Gasteiger partial charge >= 0.3 is 0 Å². The van der Waals surface area contributed by atoms with E-state index in [9.17, 15) is 9.90 Å². The zero-order valence-electron chi connectivity index (χ0n) is 11.6. The van der Waals surface area contributed by atoms with Crippen LogP contribution >= 0.6 is 0 Å². The fourth-order valence-electron chi connectivity index (χ4n) is 1.92. The summed E-state index contributed by atoms with van der Waals surface area (Å²) in [6.07, 6.45) is 1.26. The third-order valence-electron chi connectivity index (χ3n) is 2.90. The normalized spacial score (nSPS) is 12.5. The molecule has 0 radical (unpaired) electrons. The van der Waals surface area contributed by atoms with Crippen molar-refractivity contribution in [2.24, 2.45) is 0 Å². The topological polar surface area (TPSA) is 66.6 Å². The van der Waals surface area contributed by atoms with Gasteiger partial charge in [-0.3, -0.25) is 4.79 Å². The molecule has 1 aromatic heterocycles. The highest BCUT2D eigenvalue weighted by atomic mass is 16.5. The Morgan fingerprint density at radius 2 is 2.11 bits per heavy atom. The van der Waals surface area contributed by atoms with Crippen LogP contribution in [-0.2, 0) is 24.1 Å². The number of carbonyl (C=O) groups excluding carboxylic acids is 1. The number of nitrogens with zero attached hydrogens (tertiary/aromatic N) is 2. The second-order valence-electron chi connectivity index (χ2n) is 4.54. The minimum Gasteiger partial charge on any atom is -0.392 e. The molecule has 0 saturated carbocycles. The fraction of sp³-hybridized carbons (Fsp3) is 0.692. The molecule has 1 unspecified atom stereocenters. The van der Waals surface area contributed by atoms with Gasteiger partial charge in [-0.05, 0) is 13.3 Å². The number of aliphatic hydroxyl groups is 1. The molecule has 0 aliphatic carbocycles. The third kappa shape index (κ3) is 3.57. The van der Waals surface area contributed by atoms with Gasteiger partial charge in [0.1, 0.15) is 5.76 Å². The molecule has 5 heteroatoms. The molecule has 1 heterocycles. The van der Waals surface area contributed by atoms with Gasteiger partial charge in [0.25, 0.3) is 0 Å². The quantitative estimate of drug-likeness (QED) is 0.828. The predicted molar refractivity (Wildman–Crippen MR) is 68.3 cm³/mol. The molecule has 5 nitrogen and oxygen atoms in total. The largest absolute Gasteiger partial charge is 0.392 e. The number of aryl methyl sites for hydroxylation is 2. The monoisotopic (exact) mass is 254 g/mol. The standard InChI is InChI=1S/C13H22N2O3/c1-5-11-10(12(6-2)18-14-11)7-13(17)15(4)8-9(3)16/h9,16H,5-8H2,1-4H3. The summed E-state index contributed by atoms with van der Waals surface area (Å²) in [7, 11) is 1.69. The summed E-state index contributed by atoms with van der Waals surface area (Å²) in [5.41, 5.74) is 1.76. The minimum absolute atomic E-state index is 0.0245. The molecular formula is C13H22N2O3. The van der Waals surface area contributed by atoms with Crippen LogP contribution in [0.15, 0.2) is 4.52 Å². The van der Waals surface area contributed by atoms with Crippen molar-refractivity contribution in [3.63, 3.8) is 0 Å². The molecule has 102 valence electrons. The minimum atomic E-state index is -0.516. The van der Waals surface area contributed by atoms with Crippen LogP contribution in [0.1, 0.15) is 37.8 Å². The van der Waals surface area contributed by atoms with Crippen molar-refractivity contribution in [3.05, 3.63) is 17.0 Å². The first-order valence-electron chi connectivity index (χ1n) is 6.37. The van der Waals surface area contributed by atoms with Gasteiger partial charge in [0, 0.05) is 25.6 Å². The molecule has 0 aromatic carbocycles. The maximum atomic E-state index is 12.0. The van der Waals surface area contributed by atoms with Crippen molar-refractivity contribution in [2.45, 2.75) is 46.1 Å². The summed E-state index contributed by atoms with van der Waals surface area (Å²) in [6.45, 7) is 5.98. The Morgan fingerprint density at radius 3 is 2.61 bits per heavy atom. The zero-order valence-corrected chi connectivity index (χ0v) is 11.6. The van der Waals surface area contributed by atoms with E-state index in [1.807, 2.05) is 13.8 Å². The molecule has 0 saturated heterocycles. The molecule has 0 spiro atoms. The van der Waals surface area contributed by atoms with Gasteiger partial charge in [0.15, 0.2) is 0 Å². The second kappa shape index (κ2) is 6.54. The van der Waals surface area contributed by atoms with Crippen LogP contribution in [0.2, 0.25) is 0 Å². The van der Waals surface area contributed by atoms with Crippen molar-refractivity contribution in [2.75, 3.05) is 13.6 Å². The van der Waals surface area contributed by atoms with Crippen LogP contribution in [0.3, 0.4) is 0 Å². The maximum Gasteiger partial charge on any atom is 0.227 e. The van der Waals surface area contributed by atoms with E-state index in [1.54, 1.807) is 14.0 Å². The maximum absolute atomic E-state index is 12.0. The first kappa shape index (κ1) is 14.7. The Hall–Kier alpha value is -1.36. The summed E-state index contributed by atoms with van der Waals surface area (Å²) >= 11 is 0. The number of rotatable bonds is 6. The summed E-state index contributed by atoms with van der Waals surface area (Å²) in [5.74, 6) is 0.758. The highest BCUT2D eigenvalue weighted by Crippen LogP contribution is 2.17. The Balaban J connectivity index is 2.77. The number of carbonyl (C=O) groups is 1. The van der Waals surface area contributed by atoms with Crippen molar-refractivity contribution in [1.29, 1.82) is 0 Å². The first-order valence-corrected chi connectivity index (χ1v) is 6.37. The van der Waals surface area contributed by atoms with E-state index in [0.29, 0.717) is 13.0 Å². The van der Waals surface area contributed by atoms with E-state index in [1.165, 1.54) is 4.90 Å². The van der Waals surface area contributed by atoms with Crippen LogP contribution in [0, 0.1) is 0 Å². The first-order chi connectivity index (χ1) is 8.49. The molecular weight excluding hydrogens is 232 g/mol. The predicted octanol–water partition coefficient (Wildman–Crippen LogP) is 1.18. The molecule has 1 atom stereocenters. The van der Waals surface area contributed by atoms with Crippen molar-refractivity contribution in [1.82, 2.24) is 10.1 Å². The van der Waals surface area contributed by atoms with Crippen molar-refractivity contribution >= 4 is 5.91 Å². The smallest absolute Gasteiger partial charge is 0.227 e. The lowest BCUT2D eigenvalue weighted by atomic mass is 10.1. The molecule has 1 rings (SSSR count). The lowest BCUT2D eigenvalue weighted by molar-refractivity contribution is -0.130. The summed E-state index contributed by atoms with van der Waals surface area (Å²) < 4.78 is 5.23.